The Morgan fingerprint density at radius 1 is 0.632 bits per heavy atom. The van der Waals surface area contributed by atoms with Crippen molar-refractivity contribution >= 4 is 11.6 Å². The molecule has 0 aliphatic heterocycles. The summed E-state index contributed by atoms with van der Waals surface area (Å²) >= 11 is 6.13. The van der Waals surface area contributed by atoms with E-state index < -0.39 is 0 Å². The fourth-order valence-electron chi connectivity index (χ4n) is 3.47. The predicted molar refractivity (Wildman–Crippen MR) is 76.5 cm³/mol. The molecule has 2 saturated carbocycles. The quantitative estimate of drug-likeness (QED) is 0.793. The standard InChI is InChI=1S/C15H22ClN3/c16-15-18-13(11-7-3-1-4-8-11)17-14(19-15)12-9-5-2-6-10-12/h11-12H,1-10H2. The van der Waals surface area contributed by atoms with Crippen LogP contribution in [0.2, 0.25) is 5.28 Å². The molecule has 3 rings (SSSR count). The van der Waals surface area contributed by atoms with Crippen molar-refractivity contribution in [2.75, 3.05) is 0 Å². The first-order chi connectivity index (χ1) is 9.33. The summed E-state index contributed by atoms with van der Waals surface area (Å²) in [5.41, 5.74) is 0. The van der Waals surface area contributed by atoms with Crippen LogP contribution in [-0.2, 0) is 0 Å². The van der Waals surface area contributed by atoms with Crippen LogP contribution < -0.4 is 0 Å². The number of hydrogen-bond donors (Lipinski definition) is 0. The molecular formula is C15H22ClN3. The zero-order valence-corrected chi connectivity index (χ0v) is 12.2. The molecule has 2 fully saturated rings. The maximum absolute atomic E-state index is 6.13. The lowest BCUT2D eigenvalue weighted by Gasteiger charge is -2.23. The maximum atomic E-state index is 6.13. The largest absolute Gasteiger partial charge is 0.225 e. The van der Waals surface area contributed by atoms with Crippen LogP contribution in [0.15, 0.2) is 0 Å². The number of halogens is 1. The predicted octanol–water partition coefficient (Wildman–Crippen LogP) is 4.62. The van der Waals surface area contributed by atoms with Crippen molar-refractivity contribution < 1.29 is 0 Å². The fourth-order valence-corrected chi connectivity index (χ4v) is 3.64. The molecule has 0 N–H and O–H groups in total. The van der Waals surface area contributed by atoms with Crippen molar-refractivity contribution in [1.29, 1.82) is 0 Å². The molecule has 0 aromatic carbocycles. The van der Waals surface area contributed by atoms with E-state index in [-0.39, 0.29) is 0 Å². The molecule has 2 aliphatic rings. The maximum Gasteiger partial charge on any atom is 0.225 e. The third kappa shape index (κ3) is 3.25. The highest BCUT2D eigenvalue weighted by atomic mass is 35.5. The van der Waals surface area contributed by atoms with Gasteiger partial charge in [-0.25, -0.2) is 15.0 Å². The molecule has 19 heavy (non-hydrogen) atoms. The molecule has 0 bridgehead atoms. The van der Waals surface area contributed by atoms with Crippen molar-refractivity contribution in [2.45, 2.75) is 76.0 Å². The average Bonchev–Trinajstić information content (AvgIpc) is 2.48. The second-order valence-electron chi connectivity index (χ2n) is 5.99. The van der Waals surface area contributed by atoms with Gasteiger partial charge in [0.1, 0.15) is 11.6 Å². The first-order valence-corrected chi connectivity index (χ1v) is 8.12. The monoisotopic (exact) mass is 279 g/mol. The molecule has 4 heteroatoms. The Hall–Kier alpha value is -0.700. The summed E-state index contributed by atoms with van der Waals surface area (Å²) in [5, 5.41) is 0.399. The van der Waals surface area contributed by atoms with Crippen LogP contribution in [-0.4, -0.2) is 15.0 Å². The zero-order chi connectivity index (χ0) is 13.1. The van der Waals surface area contributed by atoms with Crippen molar-refractivity contribution in [3.05, 3.63) is 16.9 Å². The van der Waals surface area contributed by atoms with Gasteiger partial charge in [0.15, 0.2) is 0 Å². The Labute approximate surface area is 120 Å². The molecule has 104 valence electrons. The van der Waals surface area contributed by atoms with Gasteiger partial charge in [-0.05, 0) is 37.3 Å². The van der Waals surface area contributed by atoms with Crippen molar-refractivity contribution in [3.63, 3.8) is 0 Å². The number of rotatable bonds is 2. The molecule has 3 nitrogen and oxygen atoms in total. The number of nitrogens with zero attached hydrogens (tertiary/aromatic N) is 3. The van der Waals surface area contributed by atoms with E-state index in [4.69, 9.17) is 16.6 Å². The van der Waals surface area contributed by atoms with Crippen molar-refractivity contribution in [1.82, 2.24) is 15.0 Å². The minimum absolute atomic E-state index is 0.399. The third-order valence-corrected chi connectivity index (χ3v) is 4.75. The van der Waals surface area contributed by atoms with Gasteiger partial charge in [0.2, 0.25) is 5.28 Å². The highest BCUT2D eigenvalue weighted by molar-refractivity contribution is 6.28. The molecule has 1 aromatic rings. The van der Waals surface area contributed by atoms with E-state index in [2.05, 4.69) is 9.97 Å². The topological polar surface area (TPSA) is 38.7 Å². The van der Waals surface area contributed by atoms with Gasteiger partial charge in [0.05, 0.1) is 0 Å². The Morgan fingerprint density at radius 3 is 1.47 bits per heavy atom. The minimum Gasteiger partial charge on any atom is -0.217 e. The molecule has 2 aliphatic carbocycles. The molecule has 0 spiro atoms. The molecule has 0 amide bonds. The molecule has 0 unspecified atom stereocenters. The van der Waals surface area contributed by atoms with E-state index in [1.54, 1.807) is 0 Å². The van der Waals surface area contributed by atoms with E-state index in [1.807, 2.05) is 0 Å². The molecule has 0 saturated heterocycles. The highest BCUT2D eigenvalue weighted by Gasteiger charge is 2.23. The SMILES string of the molecule is Clc1nc(C2CCCCC2)nc(C2CCCCC2)n1. The summed E-state index contributed by atoms with van der Waals surface area (Å²) in [6.07, 6.45) is 12.7. The van der Waals surface area contributed by atoms with Gasteiger partial charge in [-0.3, -0.25) is 0 Å². The summed E-state index contributed by atoms with van der Waals surface area (Å²) in [6, 6.07) is 0. The first kappa shape index (κ1) is 13.3. The average molecular weight is 280 g/mol. The third-order valence-electron chi connectivity index (χ3n) is 4.58. The molecule has 0 radical (unpaired) electrons. The van der Waals surface area contributed by atoms with E-state index in [9.17, 15) is 0 Å². The van der Waals surface area contributed by atoms with E-state index in [0.29, 0.717) is 17.1 Å². The van der Waals surface area contributed by atoms with Gasteiger partial charge >= 0.3 is 0 Å². The molecule has 1 aromatic heterocycles. The summed E-state index contributed by atoms with van der Waals surface area (Å²) in [6.45, 7) is 0. The van der Waals surface area contributed by atoms with Crippen LogP contribution in [0.3, 0.4) is 0 Å². The zero-order valence-electron chi connectivity index (χ0n) is 11.4. The van der Waals surface area contributed by atoms with Crippen LogP contribution >= 0.6 is 11.6 Å². The molecule has 1 heterocycles. The highest BCUT2D eigenvalue weighted by Crippen LogP contribution is 2.34. The van der Waals surface area contributed by atoms with E-state index >= 15 is 0 Å². The van der Waals surface area contributed by atoms with Crippen LogP contribution in [0.25, 0.3) is 0 Å². The summed E-state index contributed by atoms with van der Waals surface area (Å²) in [5.74, 6) is 2.94. The van der Waals surface area contributed by atoms with Gasteiger partial charge in [-0.1, -0.05) is 38.5 Å². The Morgan fingerprint density at radius 2 is 1.05 bits per heavy atom. The Kier molecular flexibility index (Phi) is 4.31. The van der Waals surface area contributed by atoms with Gasteiger partial charge in [0, 0.05) is 11.8 Å². The minimum atomic E-state index is 0.399. The lowest BCUT2D eigenvalue weighted by Crippen LogP contribution is -2.15. The Bertz CT molecular complexity index is 387. The van der Waals surface area contributed by atoms with E-state index in [1.165, 1.54) is 64.2 Å². The fraction of sp³-hybridized carbons (Fsp3) is 0.800. The second kappa shape index (κ2) is 6.17. The van der Waals surface area contributed by atoms with Crippen LogP contribution in [0, 0.1) is 0 Å². The van der Waals surface area contributed by atoms with E-state index in [0.717, 1.165) is 11.6 Å². The lowest BCUT2D eigenvalue weighted by atomic mass is 9.87. The molecular weight excluding hydrogens is 258 g/mol. The van der Waals surface area contributed by atoms with Gasteiger partial charge in [-0.15, -0.1) is 0 Å². The van der Waals surface area contributed by atoms with Crippen LogP contribution in [0.4, 0.5) is 0 Å². The lowest BCUT2D eigenvalue weighted by molar-refractivity contribution is 0.408. The number of aromatic nitrogens is 3. The van der Waals surface area contributed by atoms with Crippen LogP contribution in [0.1, 0.15) is 87.7 Å². The van der Waals surface area contributed by atoms with Gasteiger partial charge in [0.25, 0.3) is 0 Å². The second-order valence-corrected chi connectivity index (χ2v) is 6.33. The summed E-state index contributed by atoms with van der Waals surface area (Å²) in [7, 11) is 0. The summed E-state index contributed by atoms with van der Waals surface area (Å²) in [4.78, 5) is 13.6. The number of hydrogen-bond acceptors (Lipinski definition) is 3. The smallest absolute Gasteiger partial charge is 0.217 e. The van der Waals surface area contributed by atoms with Crippen molar-refractivity contribution in [2.24, 2.45) is 0 Å². The molecule has 0 atom stereocenters. The van der Waals surface area contributed by atoms with Crippen LogP contribution in [0.5, 0.6) is 0 Å². The normalized spacial score (nSPS) is 22.6. The summed E-state index contributed by atoms with van der Waals surface area (Å²) < 4.78 is 0. The van der Waals surface area contributed by atoms with Gasteiger partial charge in [-0.2, -0.15) is 0 Å². The Balaban J connectivity index is 1.82. The van der Waals surface area contributed by atoms with Gasteiger partial charge < -0.3 is 0 Å². The first-order valence-electron chi connectivity index (χ1n) is 7.74. The van der Waals surface area contributed by atoms with Crippen molar-refractivity contribution in [3.8, 4) is 0 Å².